The molecule has 0 bridgehead atoms. The topological polar surface area (TPSA) is 26.3 Å². The summed E-state index contributed by atoms with van der Waals surface area (Å²) in [5.41, 5.74) is 2.77. The van der Waals surface area contributed by atoms with Crippen LogP contribution in [0.15, 0.2) is 36.1 Å². The number of rotatable bonds is 2. The van der Waals surface area contributed by atoms with E-state index in [9.17, 15) is 4.79 Å². The van der Waals surface area contributed by atoms with Gasteiger partial charge in [-0.1, -0.05) is 24.3 Å². The maximum absolute atomic E-state index is 12.0. The summed E-state index contributed by atoms with van der Waals surface area (Å²) in [5.74, 6) is 0.116. The number of ketones is 1. The van der Waals surface area contributed by atoms with Crippen molar-refractivity contribution < 1.29 is 9.53 Å². The number of Topliss-reactive ketones (excluding diaryl/α,β-unsaturated/α-hetero) is 1. The molecular weight excluding hydrogens is 188 g/mol. The molecule has 2 heteroatoms. The van der Waals surface area contributed by atoms with Crippen LogP contribution in [0.4, 0.5) is 0 Å². The molecule has 0 heterocycles. The van der Waals surface area contributed by atoms with Gasteiger partial charge < -0.3 is 4.74 Å². The minimum absolute atomic E-state index is 0.116. The van der Waals surface area contributed by atoms with E-state index in [1.54, 1.807) is 6.26 Å². The number of carbonyl (C=O) groups excluding carboxylic acids is 1. The van der Waals surface area contributed by atoms with Crippen molar-refractivity contribution in [2.24, 2.45) is 0 Å². The van der Waals surface area contributed by atoms with Crippen LogP contribution >= 0.6 is 0 Å². The van der Waals surface area contributed by atoms with E-state index in [2.05, 4.69) is 0 Å². The second-order valence-corrected chi connectivity index (χ2v) is 3.58. The first-order chi connectivity index (χ1) is 7.33. The molecule has 0 saturated heterocycles. The summed E-state index contributed by atoms with van der Waals surface area (Å²) in [6.07, 6.45) is 3.33. The van der Waals surface area contributed by atoms with Crippen molar-refractivity contribution in [2.45, 2.75) is 19.8 Å². The second-order valence-electron chi connectivity index (χ2n) is 3.58. The smallest absolute Gasteiger partial charge is 0.192 e. The van der Waals surface area contributed by atoms with Gasteiger partial charge in [0.25, 0.3) is 0 Å². The van der Waals surface area contributed by atoms with Gasteiger partial charge in [-0.25, -0.2) is 0 Å². The number of aryl methyl sites for hydroxylation is 1. The van der Waals surface area contributed by atoms with Crippen molar-refractivity contribution in [3.8, 4) is 0 Å². The average Bonchev–Trinajstić information content (AvgIpc) is 2.29. The molecule has 15 heavy (non-hydrogen) atoms. The van der Waals surface area contributed by atoms with E-state index >= 15 is 0 Å². The molecular formula is C13H14O2. The van der Waals surface area contributed by atoms with Gasteiger partial charge in [0, 0.05) is 11.1 Å². The Kier molecular flexibility index (Phi) is 2.86. The molecule has 0 spiro atoms. The van der Waals surface area contributed by atoms with Crippen molar-refractivity contribution >= 4 is 5.78 Å². The van der Waals surface area contributed by atoms with Crippen LogP contribution in [0.25, 0.3) is 0 Å². The molecule has 0 amide bonds. The Bertz CT molecular complexity index is 405. The molecule has 1 aromatic carbocycles. The van der Waals surface area contributed by atoms with E-state index in [4.69, 9.17) is 4.74 Å². The van der Waals surface area contributed by atoms with Gasteiger partial charge in [-0.05, 0) is 25.3 Å². The minimum Gasteiger partial charge on any atom is -0.501 e. The van der Waals surface area contributed by atoms with Crippen LogP contribution in [0, 0.1) is 0 Å². The molecule has 0 aliphatic heterocycles. The molecule has 0 aromatic heterocycles. The van der Waals surface area contributed by atoms with Gasteiger partial charge >= 0.3 is 0 Å². The lowest BCUT2D eigenvalue weighted by Gasteiger charge is -2.16. The van der Waals surface area contributed by atoms with Crippen molar-refractivity contribution in [1.82, 2.24) is 0 Å². The van der Waals surface area contributed by atoms with E-state index < -0.39 is 0 Å². The van der Waals surface area contributed by atoms with Crippen LogP contribution in [0.1, 0.15) is 29.3 Å². The second kappa shape index (κ2) is 4.30. The number of hydrogen-bond donors (Lipinski definition) is 0. The van der Waals surface area contributed by atoms with Gasteiger partial charge in [-0.15, -0.1) is 0 Å². The highest BCUT2D eigenvalue weighted by Crippen LogP contribution is 2.24. The highest BCUT2D eigenvalue weighted by Gasteiger charge is 2.21. The molecule has 2 nitrogen and oxygen atoms in total. The van der Waals surface area contributed by atoms with Gasteiger partial charge in [0.05, 0.1) is 12.9 Å². The molecule has 2 rings (SSSR count). The molecule has 0 radical (unpaired) electrons. The van der Waals surface area contributed by atoms with Crippen LogP contribution in [-0.2, 0) is 11.2 Å². The minimum atomic E-state index is 0.116. The lowest BCUT2D eigenvalue weighted by atomic mass is 9.87. The Morgan fingerprint density at radius 1 is 1.33 bits per heavy atom. The lowest BCUT2D eigenvalue weighted by Crippen LogP contribution is -2.14. The van der Waals surface area contributed by atoms with Gasteiger partial charge in [0.1, 0.15) is 0 Å². The lowest BCUT2D eigenvalue weighted by molar-refractivity contribution is 0.101. The first-order valence-electron chi connectivity index (χ1n) is 5.26. The van der Waals surface area contributed by atoms with Crippen LogP contribution < -0.4 is 0 Å². The monoisotopic (exact) mass is 202 g/mol. The summed E-state index contributed by atoms with van der Waals surface area (Å²) in [7, 11) is 0. The predicted octanol–water partition coefficient (Wildman–Crippen LogP) is 2.74. The summed E-state index contributed by atoms with van der Waals surface area (Å²) in [6.45, 7) is 2.52. The molecule has 1 aromatic rings. The molecule has 0 fully saturated rings. The fourth-order valence-corrected chi connectivity index (χ4v) is 1.81. The molecule has 0 saturated carbocycles. The Labute approximate surface area is 89.6 Å². The summed E-state index contributed by atoms with van der Waals surface area (Å²) >= 11 is 0. The predicted molar refractivity (Wildman–Crippen MR) is 58.8 cm³/mol. The van der Waals surface area contributed by atoms with Gasteiger partial charge in [0.15, 0.2) is 5.78 Å². The Morgan fingerprint density at radius 3 is 2.93 bits per heavy atom. The SMILES string of the molecule is CCOC=C1CCc2ccccc2C1=O. The van der Waals surface area contributed by atoms with Gasteiger partial charge in [-0.2, -0.15) is 0 Å². The zero-order chi connectivity index (χ0) is 10.7. The summed E-state index contributed by atoms with van der Waals surface area (Å²) < 4.78 is 5.18. The summed E-state index contributed by atoms with van der Waals surface area (Å²) in [4.78, 5) is 12.0. The standard InChI is InChI=1S/C13H14O2/c1-2-15-9-11-8-7-10-5-3-4-6-12(10)13(11)14/h3-6,9H,2,7-8H2,1H3. The molecule has 1 aliphatic carbocycles. The van der Waals surface area contributed by atoms with Crippen LogP contribution in [0.2, 0.25) is 0 Å². The van der Waals surface area contributed by atoms with Crippen molar-refractivity contribution in [3.63, 3.8) is 0 Å². The third-order valence-corrected chi connectivity index (χ3v) is 2.61. The van der Waals surface area contributed by atoms with E-state index in [-0.39, 0.29) is 5.78 Å². The number of carbonyl (C=O) groups is 1. The third-order valence-electron chi connectivity index (χ3n) is 2.61. The third kappa shape index (κ3) is 1.94. The summed E-state index contributed by atoms with van der Waals surface area (Å²) in [6, 6.07) is 7.78. The van der Waals surface area contributed by atoms with Crippen LogP contribution in [0.3, 0.4) is 0 Å². The first-order valence-corrected chi connectivity index (χ1v) is 5.26. The number of benzene rings is 1. The average molecular weight is 202 g/mol. The molecule has 0 unspecified atom stereocenters. The fourth-order valence-electron chi connectivity index (χ4n) is 1.81. The summed E-state index contributed by atoms with van der Waals surface area (Å²) in [5, 5.41) is 0. The Morgan fingerprint density at radius 2 is 2.13 bits per heavy atom. The van der Waals surface area contributed by atoms with Crippen molar-refractivity contribution in [3.05, 3.63) is 47.2 Å². The zero-order valence-electron chi connectivity index (χ0n) is 8.82. The highest BCUT2D eigenvalue weighted by molar-refractivity contribution is 6.10. The quantitative estimate of drug-likeness (QED) is 0.544. The van der Waals surface area contributed by atoms with E-state index in [0.29, 0.717) is 6.61 Å². The van der Waals surface area contributed by atoms with Crippen LogP contribution in [-0.4, -0.2) is 12.4 Å². The normalized spacial score (nSPS) is 17.7. The van der Waals surface area contributed by atoms with E-state index in [0.717, 1.165) is 29.5 Å². The number of allylic oxidation sites excluding steroid dienone is 1. The Hall–Kier alpha value is -1.57. The highest BCUT2D eigenvalue weighted by atomic mass is 16.5. The fraction of sp³-hybridized carbons (Fsp3) is 0.308. The first kappa shape index (κ1) is 9.97. The van der Waals surface area contributed by atoms with Crippen molar-refractivity contribution in [2.75, 3.05) is 6.61 Å². The maximum atomic E-state index is 12.0. The molecule has 78 valence electrons. The Balaban J connectivity index is 2.30. The number of ether oxygens (including phenoxy) is 1. The maximum Gasteiger partial charge on any atom is 0.192 e. The van der Waals surface area contributed by atoms with Gasteiger partial charge in [-0.3, -0.25) is 4.79 Å². The van der Waals surface area contributed by atoms with Crippen molar-refractivity contribution in [1.29, 1.82) is 0 Å². The van der Waals surface area contributed by atoms with Gasteiger partial charge in [0.2, 0.25) is 0 Å². The molecule has 0 atom stereocenters. The van der Waals surface area contributed by atoms with E-state index in [1.807, 2.05) is 31.2 Å². The largest absolute Gasteiger partial charge is 0.501 e. The molecule has 1 aliphatic rings. The number of hydrogen-bond acceptors (Lipinski definition) is 2. The van der Waals surface area contributed by atoms with E-state index in [1.165, 1.54) is 0 Å². The number of fused-ring (bicyclic) bond motifs is 1. The zero-order valence-corrected chi connectivity index (χ0v) is 8.82. The van der Waals surface area contributed by atoms with Crippen LogP contribution in [0.5, 0.6) is 0 Å². The molecule has 0 N–H and O–H groups in total.